The first kappa shape index (κ1) is 13.7. The van der Waals surface area contributed by atoms with Crippen LogP contribution in [0.4, 0.5) is 0 Å². The summed E-state index contributed by atoms with van der Waals surface area (Å²) in [5.74, 6) is 0.113. The number of amides is 1. The Labute approximate surface area is 103 Å². The van der Waals surface area contributed by atoms with E-state index in [4.69, 9.17) is 4.74 Å². The fraction of sp³-hybridized carbons (Fsp3) is 0.500. The van der Waals surface area contributed by atoms with Gasteiger partial charge in [0.05, 0.1) is 0 Å². The first-order chi connectivity index (χ1) is 8.22. The lowest BCUT2D eigenvalue weighted by molar-refractivity contribution is -0.121. The van der Waals surface area contributed by atoms with Crippen molar-refractivity contribution in [2.45, 2.75) is 26.2 Å². The average molecular weight is 235 g/mol. The Hall–Kier alpha value is -1.35. The number of aryl methyl sites for hydroxylation is 2. The van der Waals surface area contributed by atoms with Gasteiger partial charge < -0.3 is 10.1 Å². The van der Waals surface area contributed by atoms with Crippen molar-refractivity contribution in [2.24, 2.45) is 0 Å². The van der Waals surface area contributed by atoms with Crippen LogP contribution in [0.5, 0.6) is 0 Å². The lowest BCUT2D eigenvalue weighted by Gasteiger charge is -2.05. The summed E-state index contributed by atoms with van der Waals surface area (Å²) in [5.41, 5.74) is 2.46. The molecule has 1 N–H and O–H groups in total. The van der Waals surface area contributed by atoms with E-state index >= 15 is 0 Å². The zero-order chi connectivity index (χ0) is 12.5. The summed E-state index contributed by atoms with van der Waals surface area (Å²) in [6.45, 7) is 3.45. The molecule has 0 saturated carbocycles. The molecular formula is C14H21NO2. The zero-order valence-electron chi connectivity index (χ0n) is 10.7. The highest BCUT2D eigenvalue weighted by Gasteiger charge is 2.01. The van der Waals surface area contributed by atoms with E-state index in [2.05, 4.69) is 36.5 Å². The highest BCUT2D eigenvalue weighted by molar-refractivity contribution is 5.76. The van der Waals surface area contributed by atoms with Crippen molar-refractivity contribution in [1.82, 2.24) is 5.32 Å². The molecule has 0 aliphatic rings. The van der Waals surface area contributed by atoms with Crippen LogP contribution in [0, 0.1) is 6.92 Å². The Morgan fingerprint density at radius 1 is 1.29 bits per heavy atom. The summed E-state index contributed by atoms with van der Waals surface area (Å²) < 4.78 is 4.91. The van der Waals surface area contributed by atoms with E-state index in [0.717, 1.165) is 12.8 Å². The largest absolute Gasteiger partial charge is 0.385 e. The Kier molecular flexibility index (Phi) is 6.33. The third kappa shape index (κ3) is 6.07. The molecule has 17 heavy (non-hydrogen) atoms. The summed E-state index contributed by atoms with van der Waals surface area (Å²) >= 11 is 0. The molecule has 0 aliphatic heterocycles. The van der Waals surface area contributed by atoms with Crippen LogP contribution in [0.25, 0.3) is 0 Å². The molecule has 0 unspecified atom stereocenters. The second-order valence-corrected chi connectivity index (χ2v) is 4.18. The number of hydrogen-bond acceptors (Lipinski definition) is 2. The van der Waals surface area contributed by atoms with Gasteiger partial charge in [-0.15, -0.1) is 0 Å². The van der Waals surface area contributed by atoms with Crippen molar-refractivity contribution in [2.75, 3.05) is 20.3 Å². The summed E-state index contributed by atoms with van der Waals surface area (Å²) in [4.78, 5) is 11.5. The standard InChI is InChI=1S/C14H21NO2/c1-12-4-6-13(7-5-12)8-9-14(16)15-10-3-11-17-2/h4-7H,3,8-11H2,1-2H3,(H,15,16). The second-order valence-electron chi connectivity index (χ2n) is 4.18. The molecule has 94 valence electrons. The van der Waals surface area contributed by atoms with Crippen LogP contribution in [0.3, 0.4) is 0 Å². The van der Waals surface area contributed by atoms with Gasteiger partial charge in [0.1, 0.15) is 0 Å². The molecule has 0 fully saturated rings. The average Bonchev–Trinajstić information content (AvgIpc) is 2.34. The van der Waals surface area contributed by atoms with Gasteiger partial charge in [0.2, 0.25) is 5.91 Å². The van der Waals surface area contributed by atoms with Crippen molar-refractivity contribution in [3.63, 3.8) is 0 Å². The van der Waals surface area contributed by atoms with Gasteiger partial charge >= 0.3 is 0 Å². The molecule has 0 heterocycles. The molecule has 1 aromatic carbocycles. The number of methoxy groups -OCH3 is 1. The summed E-state index contributed by atoms with van der Waals surface area (Å²) in [5, 5.41) is 2.88. The minimum atomic E-state index is 0.113. The summed E-state index contributed by atoms with van der Waals surface area (Å²) in [6, 6.07) is 8.30. The minimum Gasteiger partial charge on any atom is -0.385 e. The molecule has 1 amide bonds. The minimum absolute atomic E-state index is 0.113. The smallest absolute Gasteiger partial charge is 0.220 e. The number of benzene rings is 1. The van der Waals surface area contributed by atoms with Gasteiger partial charge in [-0.3, -0.25) is 4.79 Å². The van der Waals surface area contributed by atoms with Gasteiger partial charge in [0, 0.05) is 26.7 Å². The maximum absolute atomic E-state index is 11.5. The topological polar surface area (TPSA) is 38.3 Å². The molecule has 3 nitrogen and oxygen atoms in total. The number of nitrogens with one attached hydrogen (secondary N) is 1. The van der Waals surface area contributed by atoms with Gasteiger partial charge in [0.15, 0.2) is 0 Å². The number of ether oxygens (including phenoxy) is 1. The number of carbonyl (C=O) groups excluding carboxylic acids is 1. The van der Waals surface area contributed by atoms with Crippen molar-refractivity contribution in [3.8, 4) is 0 Å². The van der Waals surface area contributed by atoms with Crippen molar-refractivity contribution in [1.29, 1.82) is 0 Å². The molecular weight excluding hydrogens is 214 g/mol. The van der Waals surface area contributed by atoms with Crippen LogP contribution in [-0.4, -0.2) is 26.2 Å². The lowest BCUT2D eigenvalue weighted by Crippen LogP contribution is -2.25. The van der Waals surface area contributed by atoms with Crippen molar-refractivity contribution in [3.05, 3.63) is 35.4 Å². The van der Waals surface area contributed by atoms with Gasteiger partial charge in [-0.2, -0.15) is 0 Å². The molecule has 0 aliphatic carbocycles. The first-order valence-corrected chi connectivity index (χ1v) is 6.03. The molecule has 0 saturated heterocycles. The molecule has 0 spiro atoms. The van der Waals surface area contributed by atoms with E-state index in [0.29, 0.717) is 19.6 Å². The molecule has 0 atom stereocenters. The number of rotatable bonds is 7. The molecule has 1 aromatic rings. The van der Waals surface area contributed by atoms with E-state index in [1.54, 1.807) is 7.11 Å². The normalized spacial score (nSPS) is 10.2. The maximum Gasteiger partial charge on any atom is 0.220 e. The van der Waals surface area contributed by atoms with Gasteiger partial charge in [-0.1, -0.05) is 29.8 Å². The molecule has 0 aromatic heterocycles. The molecule has 0 radical (unpaired) electrons. The van der Waals surface area contributed by atoms with Crippen LogP contribution >= 0.6 is 0 Å². The third-order valence-corrected chi connectivity index (χ3v) is 2.61. The van der Waals surface area contributed by atoms with Crippen molar-refractivity contribution < 1.29 is 9.53 Å². The van der Waals surface area contributed by atoms with E-state index < -0.39 is 0 Å². The molecule has 1 rings (SSSR count). The fourth-order valence-electron chi connectivity index (χ4n) is 1.55. The lowest BCUT2D eigenvalue weighted by atomic mass is 10.1. The fourth-order valence-corrected chi connectivity index (χ4v) is 1.55. The second kappa shape index (κ2) is 7.85. The number of hydrogen-bond donors (Lipinski definition) is 1. The van der Waals surface area contributed by atoms with Crippen molar-refractivity contribution >= 4 is 5.91 Å². The molecule has 3 heteroatoms. The van der Waals surface area contributed by atoms with Gasteiger partial charge in [-0.05, 0) is 25.3 Å². The van der Waals surface area contributed by atoms with Crippen LogP contribution in [-0.2, 0) is 16.0 Å². The van der Waals surface area contributed by atoms with Crippen LogP contribution < -0.4 is 5.32 Å². The Bertz CT molecular complexity index is 333. The summed E-state index contributed by atoms with van der Waals surface area (Å²) in [6.07, 6.45) is 2.22. The highest BCUT2D eigenvalue weighted by Crippen LogP contribution is 2.05. The van der Waals surface area contributed by atoms with E-state index in [9.17, 15) is 4.79 Å². The third-order valence-electron chi connectivity index (χ3n) is 2.61. The highest BCUT2D eigenvalue weighted by atomic mass is 16.5. The van der Waals surface area contributed by atoms with Crippen LogP contribution in [0.2, 0.25) is 0 Å². The number of carbonyl (C=O) groups is 1. The molecule has 0 bridgehead atoms. The van der Waals surface area contributed by atoms with Crippen LogP contribution in [0.15, 0.2) is 24.3 Å². The van der Waals surface area contributed by atoms with E-state index in [1.807, 2.05) is 0 Å². The van der Waals surface area contributed by atoms with Gasteiger partial charge in [0.25, 0.3) is 0 Å². The maximum atomic E-state index is 11.5. The Morgan fingerprint density at radius 2 is 2.00 bits per heavy atom. The van der Waals surface area contributed by atoms with E-state index in [1.165, 1.54) is 11.1 Å². The van der Waals surface area contributed by atoms with E-state index in [-0.39, 0.29) is 5.91 Å². The monoisotopic (exact) mass is 235 g/mol. The Balaban J connectivity index is 2.17. The quantitative estimate of drug-likeness (QED) is 0.735. The Morgan fingerprint density at radius 3 is 2.65 bits per heavy atom. The van der Waals surface area contributed by atoms with Gasteiger partial charge in [-0.25, -0.2) is 0 Å². The van der Waals surface area contributed by atoms with Crippen LogP contribution in [0.1, 0.15) is 24.0 Å². The SMILES string of the molecule is COCCCNC(=O)CCc1ccc(C)cc1. The predicted molar refractivity (Wildman–Crippen MR) is 69.0 cm³/mol. The predicted octanol–water partition coefficient (Wildman–Crippen LogP) is 2.08. The first-order valence-electron chi connectivity index (χ1n) is 6.03. The summed E-state index contributed by atoms with van der Waals surface area (Å²) in [7, 11) is 1.67. The zero-order valence-corrected chi connectivity index (χ0v) is 10.7.